The van der Waals surface area contributed by atoms with Crippen LogP contribution in [0.1, 0.15) is 54.2 Å². The van der Waals surface area contributed by atoms with Gasteiger partial charge in [-0.05, 0) is 67.1 Å². The van der Waals surface area contributed by atoms with Crippen molar-refractivity contribution in [1.29, 1.82) is 0 Å². The maximum atomic E-state index is 13.5. The van der Waals surface area contributed by atoms with Gasteiger partial charge in [-0.3, -0.25) is 14.5 Å². The average Bonchev–Trinajstić information content (AvgIpc) is 3.56. The zero-order valence-electron chi connectivity index (χ0n) is 21.1. The van der Waals surface area contributed by atoms with Crippen molar-refractivity contribution in [2.75, 3.05) is 12.0 Å². The number of hydrogen-bond acceptors (Lipinski definition) is 5. The van der Waals surface area contributed by atoms with Crippen LogP contribution in [-0.4, -0.2) is 33.5 Å². The van der Waals surface area contributed by atoms with Crippen molar-refractivity contribution >= 4 is 17.7 Å². The van der Waals surface area contributed by atoms with Gasteiger partial charge in [-0.2, -0.15) is 0 Å². The summed E-state index contributed by atoms with van der Waals surface area (Å²) in [5.74, 6) is 1.09. The average molecular weight is 493 g/mol. The Morgan fingerprint density at radius 1 is 1.03 bits per heavy atom. The molecule has 1 aliphatic carbocycles. The summed E-state index contributed by atoms with van der Waals surface area (Å²) in [6.45, 7) is 4.16. The molecule has 7 heteroatoms. The summed E-state index contributed by atoms with van der Waals surface area (Å²) in [5, 5.41) is 0. The second-order valence-electron chi connectivity index (χ2n) is 10.2. The van der Waals surface area contributed by atoms with E-state index in [1.165, 1.54) is 7.11 Å². The summed E-state index contributed by atoms with van der Waals surface area (Å²) in [7, 11) is 1.40. The molecular weight excluding hydrogens is 464 g/mol. The highest BCUT2D eigenvalue weighted by Crippen LogP contribution is 2.38. The highest BCUT2D eigenvalue weighted by molar-refractivity contribution is 6.10. The van der Waals surface area contributed by atoms with Crippen LogP contribution in [0, 0.1) is 0 Å². The van der Waals surface area contributed by atoms with Crippen LogP contribution in [0.15, 0.2) is 73.1 Å². The van der Waals surface area contributed by atoms with Crippen molar-refractivity contribution in [1.82, 2.24) is 14.5 Å². The van der Waals surface area contributed by atoms with Gasteiger partial charge in [-0.15, -0.1) is 0 Å². The maximum absolute atomic E-state index is 13.5. The summed E-state index contributed by atoms with van der Waals surface area (Å²) in [4.78, 5) is 36.9. The SMILES string of the molecule is COC(=O)C(C)(C)c1cccc(-c2ccc3c(c2)C(=O)N(c2cccc(-c4nccn4C4CC4)n2)C3)c1. The molecule has 6 rings (SSSR count). The number of anilines is 1. The lowest BCUT2D eigenvalue weighted by Gasteiger charge is -2.22. The monoisotopic (exact) mass is 492 g/mol. The summed E-state index contributed by atoms with van der Waals surface area (Å²) in [6, 6.07) is 20.0. The Morgan fingerprint density at radius 3 is 2.59 bits per heavy atom. The van der Waals surface area contributed by atoms with E-state index in [1.807, 2.05) is 86.9 Å². The number of amides is 1. The van der Waals surface area contributed by atoms with E-state index in [-0.39, 0.29) is 11.9 Å². The third-order valence-electron chi connectivity index (χ3n) is 7.38. The molecule has 2 aromatic heterocycles. The first-order valence-corrected chi connectivity index (χ1v) is 12.5. The number of pyridine rings is 1. The van der Waals surface area contributed by atoms with Gasteiger partial charge in [0.05, 0.1) is 19.1 Å². The van der Waals surface area contributed by atoms with Crippen LogP contribution in [0.2, 0.25) is 0 Å². The standard InChI is InChI=1S/C30H28N4O3/c1-30(2,29(36)37-3)22-7-4-6-19(16-22)20-10-11-21-18-34(28(35)24(21)17-20)26-9-5-8-25(32-26)27-31-14-15-33(27)23-12-13-23/h4-11,14-17,23H,12-13,18H2,1-3H3. The van der Waals surface area contributed by atoms with Crippen LogP contribution < -0.4 is 4.90 Å². The van der Waals surface area contributed by atoms with Crippen LogP contribution in [0.5, 0.6) is 0 Å². The number of rotatable bonds is 6. The van der Waals surface area contributed by atoms with Gasteiger partial charge in [0.25, 0.3) is 5.91 Å². The zero-order valence-corrected chi connectivity index (χ0v) is 21.1. The summed E-state index contributed by atoms with van der Waals surface area (Å²) in [5.41, 5.74) is 4.34. The number of esters is 1. The number of ether oxygens (including phenoxy) is 1. The van der Waals surface area contributed by atoms with Crippen LogP contribution in [0.25, 0.3) is 22.6 Å². The van der Waals surface area contributed by atoms with E-state index < -0.39 is 5.41 Å². The van der Waals surface area contributed by atoms with Crippen molar-refractivity contribution in [2.45, 2.75) is 44.7 Å². The molecule has 0 unspecified atom stereocenters. The molecule has 37 heavy (non-hydrogen) atoms. The Balaban J connectivity index is 1.30. The predicted molar refractivity (Wildman–Crippen MR) is 141 cm³/mol. The number of benzene rings is 2. The first kappa shape index (κ1) is 23.2. The van der Waals surface area contributed by atoms with E-state index in [2.05, 4.69) is 9.55 Å². The van der Waals surface area contributed by atoms with Crippen molar-refractivity contribution in [3.05, 3.63) is 89.7 Å². The molecule has 0 bridgehead atoms. The van der Waals surface area contributed by atoms with Crippen LogP contribution >= 0.6 is 0 Å². The van der Waals surface area contributed by atoms with Crippen molar-refractivity contribution in [3.63, 3.8) is 0 Å². The van der Waals surface area contributed by atoms with Crippen molar-refractivity contribution < 1.29 is 14.3 Å². The molecular formula is C30H28N4O3. The topological polar surface area (TPSA) is 77.3 Å². The molecule has 1 amide bonds. The largest absolute Gasteiger partial charge is 0.468 e. The van der Waals surface area contributed by atoms with E-state index in [9.17, 15) is 9.59 Å². The quantitative estimate of drug-likeness (QED) is 0.330. The van der Waals surface area contributed by atoms with Gasteiger partial charge in [-0.1, -0.05) is 42.5 Å². The van der Waals surface area contributed by atoms with Crippen LogP contribution in [0.4, 0.5) is 5.82 Å². The molecule has 0 spiro atoms. The first-order valence-electron chi connectivity index (χ1n) is 12.5. The van der Waals surface area contributed by atoms with Crippen LogP contribution in [0.3, 0.4) is 0 Å². The summed E-state index contributed by atoms with van der Waals surface area (Å²) >= 11 is 0. The molecule has 7 nitrogen and oxygen atoms in total. The predicted octanol–water partition coefficient (Wildman–Crippen LogP) is 5.56. The number of nitrogens with zero attached hydrogens (tertiary/aromatic N) is 4. The van der Waals surface area contributed by atoms with E-state index in [0.717, 1.165) is 46.6 Å². The van der Waals surface area contributed by atoms with Crippen molar-refractivity contribution in [3.8, 4) is 22.6 Å². The van der Waals surface area contributed by atoms with Gasteiger partial charge in [0, 0.05) is 24.0 Å². The Labute approximate surface area is 215 Å². The number of imidazole rings is 1. The van der Waals surface area contributed by atoms with E-state index in [1.54, 1.807) is 4.90 Å². The fraction of sp³-hybridized carbons (Fsp3) is 0.267. The number of fused-ring (bicyclic) bond motifs is 1. The minimum absolute atomic E-state index is 0.0712. The van der Waals surface area contributed by atoms with E-state index in [0.29, 0.717) is 24.0 Å². The van der Waals surface area contributed by atoms with Gasteiger partial charge in [-0.25, -0.2) is 9.97 Å². The zero-order chi connectivity index (χ0) is 25.7. The highest BCUT2D eigenvalue weighted by Gasteiger charge is 2.33. The Morgan fingerprint density at radius 2 is 1.81 bits per heavy atom. The number of hydrogen-bond donors (Lipinski definition) is 0. The van der Waals surface area contributed by atoms with Crippen LogP contribution in [-0.2, 0) is 21.5 Å². The van der Waals surface area contributed by atoms with Gasteiger partial charge in [0.15, 0.2) is 5.82 Å². The second-order valence-corrected chi connectivity index (χ2v) is 10.2. The minimum atomic E-state index is -0.779. The smallest absolute Gasteiger partial charge is 0.315 e. The minimum Gasteiger partial charge on any atom is -0.468 e. The first-order chi connectivity index (χ1) is 17.9. The maximum Gasteiger partial charge on any atom is 0.315 e. The number of methoxy groups -OCH3 is 1. The van der Waals surface area contributed by atoms with E-state index in [4.69, 9.17) is 9.72 Å². The second kappa shape index (κ2) is 8.69. The third kappa shape index (κ3) is 4.00. The molecule has 1 aliphatic heterocycles. The molecule has 0 saturated heterocycles. The fourth-order valence-electron chi connectivity index (χ4n) is 4.98. The fourth-order valence-corrected chi connectivity index (χ4v) is 4.98. The molecule has 0 N–H and O–H groups in total. The lowest BCUT2D eigenvalue weighted by atomic mass is 9.83. The molecule has 0 radical (unpaired) electrons. The third-order valence-corrected chi connectivity index (χ3v) is 7.38. The number of carbonyl (C=O) groups is 2. The Hall–Kier alpha value is -4.26. The Kier molecular flexibility index (Phi) is 5.44. The lowest BCUT2D eigenvalue weighted by molar-refractivity contribution is -0.146. The lowest BCUT2D eigenvalue weighted by Crippen LogP contribution is -2.30. The molecule has 0 atom stereocenters. The van der Waals surface area contributed by atoms with E-state index >= 15 is 0 Å². The highest BCUT2D eigenvalue weighted by atomic mass is 16.5. The molecule has 4 aromatic rings. The van der Waals surface area contributed by atoms with Gasteiger partial charge in [0.2, 0.25) is 0 Å². The summed E-state index contributed by atoms with van der Waals surface area (Å²) < 4.78 is 7.17. The number of aromatic nitrogens is 3. The normalized spacial score (nSPS) is 15.1. The molecule has 186 valence electrons. The van der Waals surface area contributed by atoms with Crippen molar-refractivity contribution in [2.24, 2.45) is 0 Å². The number of carbonyl (C=O) groups excluding carboxylic acids is 2. The van der Waals surface area contributed by atoms with Gasteiger partial charge < -0.3 is 9.30 Å². The molecule has 3 heterocycles. The Bertz CT molecular complexity index is 1530. The molecule has 1 fully saturated rings. The van der Waals surface area contributed by atoms with Gasteiger partial charge in [0.1, 0.15) is 11.5 Å². The molecule has 1 saturated carbocycles. The molecule has 2 aromatic carbocycles. The summed E-state index contributed by atoms with van der Waals surface area (Å²) in [6.07, 6.45) is 6.13. The molecule has 2 aliphatic rings. The van der Waals surface area contributed by atoms with Gasteiger partial charge >= 0.3 is 5.97 Å².